The van der Waals surface area contributed by atoms with Crippen molar-refractivity contribution in [2.75, 3.05) is 33.4 Å². The number of aliphatic imine (C=N–C) groups is 1. The van der Waals surface area contributed by atoms with Crippen LogP contribution >= 0.6 is 15.9 Å². The number of hydrogen-bond donors (Lipinski definition) is 2. The van der Waals surface area contributed by atoms with Gasteiger partial charge in [0.15, 0.2) is 5.96 Å². The smallest absolute Gasteiger partial charge is 0.208 e. The first-order valence-electron chi connectivity index (χ1n) is 6.93. The zero-order valence-corrected chi connectivity index (χ0v) is 15.5. The molecule has 22 heavy (non-hydrogen) atoms. The van der Waals surface area contributed by atoms with Crippen LogP contribution in [0.5, 0.6) is 0 Å². The Balaban J connectivity index is 2.42. The molecule has 8 heteroatoms. The van der Waals surface area contributed by atoms with E-state index in [1.54, 1.807) is 7.05 Å². The van der Waals surface area contributed by atoms with Crippen molar-refractivity contribution in [3.05, 3.63) is 34.3 Å². The maximum absolute atomic E-state index is 11.0. The average Bonchev–Trinajstić information content (AvgIpc) is 2.44. The van der Waals surface area contributed by atoms with Crippen molar-refractivity contribution in [1.82, 2.24) is 14.9 Å². The zero-order chi connectivity index (χ0) is 16.6. The molecule has 0 saturated heterocycles. The fourth-order valence-electron chi connectivity index (χ4n) is 1.89. The summed E-state index contributed by atoms with van der Waals surface area (Å²) in [6, 6.07) is 8.05. The van der Waals surface area contributed by atoms with Crippen LogP contribution in [0.4, 0.5) is 0 Å². The van der Waals surface area contributed by atoms with Crippen molar-refractivity contribution >= 4 is 31.9 Å². The van der Waals surface area contributed by atoms with E-state index in [2.05, 4.69) is 37.0 Å². The highest BCUT2D eigenvalue weighted by atomic mass is 79.9. The van der Waals surface area contributed by atoms with Crippen LogP contribution in [0.3, 0.4) is 0 Å². The second-order valence-electron chi connectivity index (χ2n) is 4.94. The van der Waals surface area contributed by atoms with E-state index in [1.165, 1.54) is 5.56 Å². The van der Waals surface area contributed by atoms with Crippen LogP contribution in [0.2, 0.25) is 0 Å². The lowest BCUT2D eigenvalue weighted by Crippen LogP contribution is -2.39. The molecule has 0 aliphatic carbocycles. The second kappa shape index (κ2) is 9.12. The Morgan fingerprint density at radius 2 is 2.00 bits per heavy atom. The van der Waals surface area contributed by atoms with Crippen molar-refractivity contribution < 1.29 is 8.42 Å². The molecule has 0 amide bonds. The summed E-state index contributed by atoms with van der Waals surface area (Å²) >= 11 is 3.54. The van der Waals surface area contributed by atoms with Gasteiger partial charge in [0.05, 0.1) is 6.26 Å². The summed E-state index contributed by atoms with van der Waals surface area (Å²) in [6.45, 7) is 1.79. The molecule has 0 unspecified atom stereocenters. The van der Waals surface area contributed by atoms with Gasteiger partial charge in [-0.3, -0.25) is 4.99 Å². The molecule has 0 heterocycles. The predicted octanol–water partition coefficient (Wildman–Crippen LogP) is 1.40. The number of sulfonamides is 1. The molecular formula is C14H23BrN4O2S. The summed E-state index contributed by atoms with van der Waals surface area (Å²) in [4.78, 5) is 6.26. The van der Waals surface area contributed by atoms with Gasteiger partial charge in [0.1, 0.15) is 0 Å². The minimum absolute atomic E-state index is 0.413. The van der Waals surface area contributed by atoms with Crippen molar-refractivity contribution in [2.24, 2.45) is 4.99 Å². The molecule has 0 aromatic heterocycles. The Morgan fingerprint density at radius 1 is 1.32 bits per heavy atom. The maximum atomic E-state index is 11.0. The number of nitrogens with one attached hydrogen (secondary N) is 2. The maximum Gasteiger partial charge on any atom is 0.208 e. The summed E-state index contributed by atoms with van der Waals surface area (Å²) < 4.78 is 25.4. The van der Waals surface area contributed by atoms with Gasteiger partial charge in [0.2, 0.25) is 10.0 Å². The number of benzene rings is 1. The highest BCUT2D eigenvalue weighted by molar-refractivity contribution is 9.10. The molecule has 0 atom stereocenters. The second-order valence-corrected chi connectivity index (χ2v) is 7.63. The fraction of sp³-hybridized carbons (Fsp3) is 0.500. The molecule has 0 saturated carbocycles. The van der Waals surface area contributed by atoms with Gasteiger partial charge in [-0.1, -0.05) is 34.1 Å². The van der Waals surface area contributed by atoms with Gasteiger partial charge in [0, 0.05) is 38.2 Å². The summed E-state index contributed by atoms with van der Waals surface area (Å²) in [5, 5.41) is 3.22. The summed E-state index contributed by atoms with van der Waals surface area (Å²) in [5.41, 5.74) is 1.17. The Bertz CT molecular complexity index is 605. The molecule has 1 aromatic rings. The van der Waals surface area contributed by atoms with E-state index in [-0.39, 0.29) is 0 Å². The van der Waals surface area contributed by atoms with E-state index in [0.717, 1.165) is 23.2 Å². The normalized spacial score (nSPS) is 12.3. The Labute approximate surface area is 141 Å². The van der Waals surface area contributed by atoms with Crippen molar-refractivity contribution in [2.45, 2.75) is 13.0 Å². The SMILES string of the molecule is CN=C(NCCCNS(C)(=O)=O)N(C)Cc1ccccc1Br. The third-order valence-electron chi connectivity index (χ3n) is 2.94. The van der Waals surface area contributed by atoms with E-state index in [0.29, 0.717) is 19.5 Å². The van der Waals surface area contributed by atoms with Crippen molar-refractivity contribution in [3.8, 4) is 0 Å². The van der Waals surface area contributed by atoms with Crippen LogP contribution in [0.15, 0.2) is 33.7 Å². The molecule has 0 aliphatic heterocycles. The molecular weight excluding hydrogens is 368 g/mol. The molecule has 0 radical (unpaired) electrons. The molecule has 124 valence electrons. The van der Waals surface area contributed by atoms with Crippen LogP contribution in [-0.2, 0) is 16.6 Å². The lowest BCUT2D eigenvalue weighted by atomic mass is 10.2. The lowest BCUT2D eigenvalue weighted by Gasteiger charge is -2.22. The van der Waals surface area contributed by atoms with E-state index < -0.39 is 10.0 Å². The van der Waals surface area contributed by atoms with Crippen LogP contribution in [0.25, 0.3) is 0 Å². The zero-order valence-electron chi connectivity index (χ0n) is 13.1. The molecule has 0 aliphatic rings. The van der Waals surface area contributed by atoms with Gasteiger partial charge < -0.3 is 10.2 Å². The van der Waals surface area contributed by atoms with E-state index in [9.17, 15) is 8.42 Å². The highest BCUT2D eigenvalue weighted by Crippen LogP contribution is 2.17. The van der Waals surface area contributed by atoms with Gasteiger partial charge in [-0.15, -0.1) is 0 Å². The van der Waals surface area contributed by atoms with E-state index >= 15 is 0 Å². The van der Waals surface area contributed by atoms with E-state index in [1.807, 2.05) is 30.1 Å². The van der Waals surface area contributed by atoms with Gasteiger partial charge in [-0.25, -0.2) is 13.1 Å². The van der Waals surface area contributed by atoms with Crippen molar-refractivity contribution in [3.63, 3.8) is 0 Å². The number of rotatable bonds is 7. The Morgan fingerprint density at radius 3 is 2.59 bits per heavy atom. The largest absolute Gasteiger partial charge is 0.356 e. The predicted molar refractivity (Wildman–Crippen MR) is 94.4 cm³/mol. The average molecular weight is 391 g/mol. The Hall–Kier alpha value is -1.12. The molecule has 1 aromatic carbocycles. The molecule has 1 rings (SSSR count). The number of guanidine groups is 1. The minimum Gasteiger partial charge on any atom is -0.356 e. The summed E-state index contributed by atoms with van der Waals surface area (Å²) in [5.74, 6) is 0.773. The molecule has 0 bridgehead atoms. The van der Waals surface area contributed by atoms with Gasteiger partial charge in [-0.2, -0.15) is 0 Å². The number of halogens is 1. The van der Waals surface area contributed by atoms with E-state index in [4.69, 9.17) is 0 Å². The van der Waals surface area contributed by atoms with Gasteiger partial charge in [0.25, 0.3) is 0 Å². The van der Waals surface area contributed by atoms with Gasteiger partial charge >= 0.3 is 0 Å². The van der Waals surface area contributed by atoms with Crippen LogP contribution in [0.1, 0.15) is 12.0 Å². The summed E-state index contributed by atoms with van der Waals surface area (Å²) in [6.07, 6.45) is 1.85. The number of nitrogens with zero attached hydrogens (tertiary/aromatic N) is 2. The highest BCUT2D eigenvalue weighted by Gasteiger charge is 2.08. The first kappa shape index (κ1) is 18.9. The third-order valence-corrected chi connectivity index (χ3v) is 4.44. The van der Waals surface area contributed by atoms with Crippen molar-refractivity contribution in [1.29, 1.82) is 0 Å². The first-order chi connectivity index (χ1) is 10.3. The van der Waals surface area contributed by atoms with Crippen LogP contribution < -0.4 is 10.0 Å². The quantitative estimate of drug-likeness (QED) is 0.419. The Kier molecular flexibility index (Phi) is 7.84. The van der Waals surface area contributed by atoms with Crippen LogP contribution in [-0.4, -0.2) is 52.7 Å². The number of hydrogen-bond acceptors (Lipinski definition) is 3. The molecule has 0 fully saturated rings. The fourth-order valence-corrected chi connectivity index (χ4v) is 2.81. The lowest BCUT2D eigenvalue weighted by molar-refractivity contribution is 0.474. The topological polar surface area (TPSA) is 73.8 Å². The first-order valence-corrected chi connectivity index (χ1v) is 9.61. The molecule has 6 nitrogen and oxygen atoms in total. The summed E-state index contributed by atoms with van der Waals surface area (Å²) in [7, 11) is 0.576. The minimum atomic E-state index is -3.12. The third kappa shape index (κ3) is 7.24. The molecule has 2 N–H and O–H groups in total. The van der Waals surface area contributed by atoms with Crippen LogP contribution in [0, 0.1) is 0 Å². The van der Waals surface area contributed by atoms with Gasteiger partial charge in [-0.05, 0) is 18.1 Å². The monoisotopic (exact) mass is 390 g/mol. The standard InChI is InChI=1S/C14H23BrN4O2S/c1-16-14(17-9-6-10-18-22(3,20)21)19(2)11-12-7-4-5-8-13(12)15/h4-5,7-8,18H,6,9-11H2,1-3H3,(H,16,17). The molecule has 0 spiro atoms.